The first-order chi connectivity index (χ1) is 17.5. The molecule has 3 N–H and O–H groups in total. The molecule has 0 atom stereocenters. The van der Waals surface area contributed by atoms with Crippen molar-refractivity contribution in [2.45, 2.75) is 11.5 Å². The van der Waals surface area contributed by atoms with E-state index >= 15 is 0 Å². The first-order valence-corrected chi connectivity index (χ1v) is 13.8. The zero-order chi connectivity index (χ0) is 27.2. The number of ether oxygens (including phenoxy) is 1. The molecule has 196 valence electrons. The maximum Gasteiger partial charge on any atom is 0.323 e. The van der Waals surface area contributed by atoms with Crippen LogP contribution in [0.15, 0.2) is 65.6 Å². The van der Waals surface area contributed by atoms with Crippen molar-refractivity contribution in [1.29, 1.82) is 0 Å². The third-order valence-corrected chi connectivity index (χ3v) is 6.78. The summed E-state index contributed by atoms with van der Waals surface area (Å²) >= 11 is 1.30. The van der Waals surface area contributed by atoms with E-state index in [1.54, 1.807) is 42.7 Å². The van der Waals surface area contributed by atoms with Crippen molar-refractivity contribution in [1.82, 2.24) is 4.90 Å². The number of aliphatic carboxylic acids is 1. The topological polar surface area (TPSA) is 127 Å². The fourth-order valence-corrected chi connectivity index (χ4v) is 4.54. The minimum Gasteiger partial charge on any atom is -0.489 e. The molecule has 0 heterocycles. The van der Waals surface area contributed by atoms with Crippen LogP contribution in [0.3, 0.4) is 0 Å². The first-order valence-electron chi connectivity index (χ1n) is 10.8. The summed E-state index contributed by atoms with van der Waals surface area (Å²) in [5, 5.41) is 14.1. The number of nitrogens with two attached hydrogens (primary N) is 1. The summed E-state index contributed by atoms with van der Waals surface area (Å²) in [6, 6.07) is 15.4. The molecule has 0 unspecified atom stereocenters. The van der Waals surface area contributed by atoms with Gasteiger partial charge in [-0.25, -0.2) is 22.3 Å². The van der Waals surface area contributed by atoms with E-state index in [9.17, 15) is 26.8 Å². The first kappa shape index (κ1) is 28.1. The highest BCUT2D eigenvalue weighted by atomic mass is 32.2. The van der Waals surface area contributed by atoms with E-state index in [1.807, 2.05) is 0 Å². The van der Waals surface area contributed by atoms with Gasteiger partial charge >= 0.3 is 5.97 Å². The Balaban J connectivity index is 1.71. The molecule has 0 saturated heterocycles. The lowest BCUT2D eigenvalue weighted by Crippen LogP contribution is -2.39. The van der Waals surface area contributed by atoms with Gasteiger partial charge in [0.2, 0.25) is 10.0 Å². The molecule has 3 aromatic rings. The normalized spacial score (nSPS) is 11.2. The second-order valence-electron chi connectivity index (χ2n) is 7.97. The molecular weight excluding hydrogens is 526 g/mol. The van der Waals surface area contributed by atoms with Gasteiger partial charge in [0.15, 0.2) is 11.6 Å². The predicted molar refractivity (Wildman–Crippen MR) is 136 cm³/mol. The van der Waals surface area contributed by atoms with Crippen molar-refractivity contribution in [2.75, 3.05) is 25.1 Å². The van der Waals surface area contributed by atoms with E-state index < -0.39 is 45.8 Å². The second kappa shape index (κ2) is 12.2. The minimum atomic E-state index is -3.89. The number of primary sulfonamides is 1. The van der Waals surface area contributed by atoms with Crippen molar-refractivity contribution >= 4 is 33.7 Å². The summed E-state index contributed by atoms with van der Waals surface area (Å²) in [6.07, 6.45) is 1.77. The van der Waals surface area contributed by atoms with Crippen LogP contribution in [0.5, 0.6) is 5.75 Å². The highest BCUT2D eigenvalue weighted by Gasteiger charge is 2.20. The molecule has 0 aliphatic heterocycles. The van der Waals surface area contributed by atoms with Crippen molar-refractivity contribution in [3.63, 3.8) is 0 Å². The van der Waals surface area contributed by atoms with Gasteiger partial charge in [-0.1, -0.05) is 24.3 Å². The fraction of sp³-hybridized carbons (Fsp3) is 0.200. The monoisotopic (exact) mass is 550 g/mol. The van der Waals surface area contributed by atoms with Gasteiger partial charge in [-0.15, -0.1) is 11.8 Å². The highest BCUT2D eigenvalue weighted by molar-refractivity contribution is 7.98. The molecule has 0 aliphatic carbocycles. The fourth-order valence-electron chi connectivity index (χ4n) is 3.45. The van der Waals surface area contributed by atoms with Crippen LogP contribution in [0.2, 0.25) is 0 Å². The largest absolute Gasteiger partial charge is 0.489 e. The number of sulfonamides is 1. The Kier molecular flexibility index (Phi) is 9.24. The molecule has 37 heavy (non-hydrogen) atoms. The summed E-state index contributed by atoms with van der Waals surface area (Å²) in [7, 11) is -3.89. The quantitative estimate of drug-likeness (QED) is 0.348. The molecule has 0 aromatic heterocycles. The number of thioether (sulfide) groups is 1. The molecule has 8 nitrogen and oxygen atoms in total. The van der Waals surface area contributed by atoms with Crippen LogP contribution >= 0.6 is 11.8 Å². The molecule has 0 saturated carbocycles. The number of carbonyl (C=O) groups is 2. The van der Waals surface area contributed by atoms with E-state index in [0.29, 0.717) is 27.3 Å². The van der Waals surface area contributed by atoms with Gasteiger partial charge in [-0.05, 0) is 59.3 Å². The number of carboxylic acid groups (broad SMARTS) is 1. The lowest BCUT2D eigenvalue weighted by molar-refractivity contribution is -0.137. The Bertz CT molecular complexity index is 1400. The lowest BCUT2D eigenvalue weighted by atomic mass is 10.1. The SMILES string of the molecule is CSc1cc(F)c(F)cc1-c1ccc(OCc2cccc(C(=O)N(CCS(N)(=O)=O)CC(=O)O)c2)cc1. The van der Waals surface area contributed by atoms with E-state index in [1.165, 1.54) is 23.9 Å². The summed E-state index contributed by atoms with van der Waals surface area (Å²) in [4.78, 5) is 25.5. The van der Waals surface area contributed by atoms with Gasteiger partial charge < -0.3 is 14.7 Å². The van der Waals surface area contributed by atoms with Crippen LogP contribution in [0.25, 0.3) is 11.1 Å². The Morgan fingerprint density at radius 2 is 1.73 bits per heavy atom. The number of carboxylic acids is 1. The maximum atomic E-state index is 13.8. The third-order valence-electron chi connectivity index (χ3n) is 5.25. The van der Waals surface area contributed by atoms with Gasteiger partial charge in [-0.3, -0.25) is 9.59 Å². The predicted octanol–water partition coefficient (Wildman–Crippen LogP) is 3.75. The van der Waals surface area contributed by atoms with Crippen molar-refractivity contribution < 1.29 is 36.6 Å². The van der Waals surface area contributed by atoms with Gasteiger partial charge in [0, 0.05) is 17.0 Å². The zero-order valence-electron chi connectivity index (χ0n) is 19.7. The van der Waals surface area contributed by atoms with Crippen LogP contribution in [0.4, 0.5) is 8.78 Å². The third kappa shape index (κ3) is 8.00. The average molecular weight is 551 g/mol. The molecule has 0 bridgehead atoms. The van der Waals surface area contributed by atoms with E-state index in [2.05, 4.69) is 0 Å². The Morgan fingerprint density at radius 3 is 2.35 bits per heavy atom. The molecule has 0 aliphatic rings. The molecular formula is C25H24F2N2O6S2. The lowest BCUT2D eigenvalue weighted by Gasteiger charge is -2.20. The number of rotatable bonds is 11. The van der Waals surface area contributed by atoms with Gasteiger partial charge in [0.25, 0.3) is 5.91 Å². The molecule has 0 radical (unpaired) electrons. The summed E-state index contributed by atoms with van der Waals surface area (Å²) in [6.45, 7) is -0.970. The number of hydrogen-bond acceptors (Lipinski definition) is 6. The molecule has 0 spiro atoms. The summed E-state index contributed by atoms with van der Waals surface area (Å²) in [5.41, 5.74) is 2.01. The number of nitrogens with zero attached hydrogens (tertiary/aromatic N) is 1. The Labute approximate surface area is 217 Å². The van der Waals surface area contributed by atoms with Gasteiger partial charge in [0.1, 0.15) is 18.9 Å². The van der Waals surface area contributed by atoms with Crippen LogP contribution < -0.4 is 9.88 Å². The van der Waals surface area contributed by atoms with Crippen LogP contribution in [-0.4, -0.2) is 55.4 Å². The van der Waals surface area contributed by atoms with E-state index in [0.717, 1.165) is 17.0 Å². The molecule has 0 fully saturated rings. The smallest absolute Gasteiger partial charge is 0.323 e. The van der Waals surface area contributed by atoms with Gasteiger partial charge in [0.05, 0.1) is 5.75 Å². The molecule has 3 rings (SSSR count). The number of carbonyl (C=O) groups excluding carboxylic acids is 1. The number of benzene rings is 3. The number of amides is 1. The van der Waals surface area contributed by atoms with E-state index in [4.69, 9.17) is 15.0 Å². The van der Waals surface area contributed by atoms with Crippen molar-refractivity contribution in [3.8, 4) is 16.9 Å². The maximum absolute atomic E-state index is 13.8. The summed E-state index contributed by atoms with van der Waals surface area (Å²) < 4.78 is 55.6. The minimum absolute atomic E-state index is 0.0812. The van der Waals surface area contributed by atoms with E-state index in [-0.39, 0.29) is 18.7 Å². The summed E-state index contributed by atoms with van der Waals surface area (Å²) in [5.74, 6) is -3.88. The molecule has 1 amide bonds. The van der Waals surface area contributed by atoms with Crippen molar-refractivity contribution in [2.24, 2.45) is 5.14 Å². The highest BCUT2D eigenvalue weighted by Crippen LogP contribution is 2.33. The van der Waals surface area contributed by atoms with Gasteiger partial charge in [-0.2, -0.15) is 0 Å². The standard InChI is InChI=1S/C25H24F2N2O6S2/c1-36-23-13-22(27)21(26)12-20(23)17-5-7-19(8-6-17)35-15-16-3-2-4-18(11-16)25(32)29(14-24(30)31)9-10-37(28,33)34/h2-8,11-13H,9-10,14-15H2,1H3,(H,30,31)(H2,28,33,34). The molecule has 12 heteroatoms. The average Bonchev–Trinajstić information content (AvgIpc) is 2.86. The number of hydrogen-bond donors (Lipinski definition) is 2. The molecule has 3 aromatic carbocycles. The van der Waals surface area contributed by atoms with Crippen molar-refractivity contribution in [3.05, 3.63) is 83.4 Å². The second-order valence-corrected chi connectivity index (χ2v) is 10.5. The van der Waals surface area contributed by atoms with Crippen LogP contribution in [0.1, 0.15) is 15.9 Å². The van der Waals surface area contributed by atoms with Crippen LogP contribution in [0, 0.1) is 11.6 Å². The number of halogens is 2. The van der Waals surface area contributed by atoms with Crippen LogP contribution in [-0.2, 0) is 21.4 Å². The Morgan fingerprint density at radius 1 is 1.05 bits per heavy atom. The Hall–Kier alpha value is -3.48. The zero-order valence-corrected chi connectivity index (χ0v) is 21.3.